The zero-order chi connectivity index (χ0) is 13.4. The first-order valence-electron chi connectivity index (χ1n) is 4.16. The molecule has 0 atom stereocenters. The summed E-state index contributed by atoms with van der Waals surface area (Å²) in [6, 6.07) is 0.00843. The molecule has 1 aromatic rings. The summed E-state index contributed by atoms with van der Waals surface area (Å²) in [5, 5.41) is 10.4. The Bertz CT molecular complexity index is 458. The topological polar surface area (TPSA) is 56.0 Å². The van der Waals surface area contributed by atoms with Crippen molar-refractivity contribution in [1.82, 2.24) is 4.98 Å². The lowest BCUT2D eigenvalue weighted by atomic mass is 10.1. The van der Waals surface area contributed by atoms with E-state index >= 15 is 0 Å². The number of pyridine rings is 1. The Kier molecular flexibility index (Phi) is 3.30. The third kappa shape index (κ3) is 2.66. The molecule has 0 bridgehead atoms. The third-order valence-corrected chi connectivity index (χ3v) is 1.93. The lowest BCUT2D eigenvalue weighted by molar-refractivity contribution is -0.386. The van der Waals surface area contributed by atoms with Gasteiger partial charge in [0.15, 0.2) is 5.69 Å². The largest absolute Gasteiger partial charge is 0.433 e. The molecule has 0 aliphatic rings. The first-order chi connectivity index (χ1) is 7.64. The van der Waals surface area contributed by atoms with Crippen molar-refractivity contribution in [3.05, 3.63) is 33.1 Å². The fourth-order valence-corrected chi connectivity index (χ4v) is 1.23. The van der Waals surface area contributed by atoms with E-state index in [2.05, 4.69) is 4.98 Å². The van der Waals surface area contributed by atoms with Gasteiger partial charge in [0.2, 0.25) is 0 Å². The average Bonchev–Trinajstić information content (AvgIpc) is 2.13. The molecule has 0 fully saturated rings. The minimum atomic E-state index is -4.92. The Balaban J connectivity index is 3.53. The van der Waals surface area contributed by atoms with E-state index in [0.717, 1.165) is 6.92 Å². The summed E-state index contributed by atoms with van der Waals surface area (Å²) in [5.41, 5.74) is -4.64. The van der Waals surface area contributed by atoms with Crippen molar-refractivity contribution >= 4 is 5.69 Å². The molecule has 1 rings (SSSR count). The monoisotopic (exact) mass is 256 g/mol. The number of aryl methyl sites for hydroxylation is 1. The second kappa shape index (κ2) is 4.22. The summed E-state index contributed by atoms with van der Waals surface area (Å²) in [4.78, 5) is 12.0. The van der Waals surface area contributed by atoms with Crippen molar-refractivity contribution in [2.24, 2.45) is 0 Å². The van der Waals surface area contributed by atoms with Crippen molar-refractivity contribution in [2.75, 3.05) is 0 Å². The number of nitrogens with zero attached hydrogens (tertiary/aromatic N) is 2. The maximum absolute atomic E-state index is 12.5. The summed E-state index contributed by atoms with van der Waals surface area (Å²) < 4.78 is 61.7. The van der Waals surface area contributed by atoms with E-state index in [9.17, 15) is 32.1 Å². The number of hydrogen-bond acceptors (Lipinski definition) is 3. The Labute approximate surface area is 91.2 Å². The van der Waals surface area contributed by atoms with Gasteiger partial charge < -0.3 is 0 Å². The van der Waals surface area contributed by atoms with Gasteiger partial charge >= 0.3 is 6.18 Å². The molecule has 94 valence electrons. The van der Waals surface area contributed by atoms with E-state index in [1.165, 1.54) is 0 Å². The summed E-state index contributed by atoms with van der Waals surface area (Å²) in [7, 11) is 0. The van der Waals surface area contributed by atoms with E-state index in [1.807, 2.05) is 0 Å². The second-order valence-corrected chi connectivity index (χ2v) is 3.08. The molecule has 0 spiro atoms. The summed E-state index contributed by atoms with van der Waals surface area (Å²) in [5.74, 6) is 0. The molecule has 0 saturated heterocycles. The van der Waals surface area contributed by atoms with Gasteiger partial charge in [-0.3, -0.25) is 10.1 Å². The van der Waals surface area contributed by atoms with E-state index in [-0.39, 0.29) is 6.07 Å². The normalized spacial score (nSPS) is 11.9. The standard InChI is InChI=1S/C8H5F5N2O2/c1-3-6(7(9)10)4(15(16)17)2-5(14-3)8(11,12)13/h2,7H,1H3. The zero-order valence-corrected chi connectivity index (χ0v) is 8.26. The van der Waals surface area contributed by atoms with Gasteiger partial charge in [-0.2, -0.15) is 13.2 Å². The smallest absolute Gasteiger partial charge is 0.258 e. The maximum Gasteiger partial charge on any atom is 0.433 e. The number of halogens is 5. The average molecular weight is 256 g/mol. The van der Waals surface area contributed by atoms with Gasteiger partial charge in [-0.25, -0.2) is 13.8 Å². The van der Waals surface area contributed by atoms with Gasteiger partial charge in [0.1, 0.15) is 5.56 Å². The van der Waals surface area contributed by atoms with Gasteiger partial charge in [-0.05, 0) is 6.92 Å². The van der Waals surface area contributed by atoms with E-state index in [0.29, 0.717) is 0 Å². The van der Waals surface area contributed by atoms with Gasteiger partial charge in [-0.15, -0.1) is 0 Å². The van der Waals surface area contributed by atoms with Gasteiger partial charge in [0.25, 0.3) is 12.1 Å². The molecular weight excluding hydrogens is 251 g/mol. The lowest BCUT2D eigenvalue weighted by Gasteiger charge is -2.10. The Morgan fingerprint density at radius 1 is 1.41 bits per heavy atom. The molecule has 1 heterocycles. The molecule has 0 N–H and O–H groups in total. The van der Waals surface area contributed by atoms with Crippen LogP contribution < -0.4 is 0 Å². The predicted octanol–water partition coefficient (Wildman–Crippen LogP) is 3.25. The van der Waals surface area contributed by atoms with Crippen LogP contribution in [0.2, 0.25) is 0 Å². The van der Waals surface area contributed by atoms with Crippen LogP contribution in [-0.4, -0.2) is 9.91 Å². The first kappa shape index (κ1) is 13.3. The predicted molar refractivity (Wildman–Crippen MR) is 45.6 cm³/mol. The van der Waals surface area contributed by atoms with Gasteiger partial charge in [0.05, 0.1) is 10.6 Å². The van der Waals surface area contributed by atoms with Crippen LogP contribution in [0.4, 0.5) is 27.6 Å². The Morgan fingerprint density at radius 2 is 1.94 bits per heavy atom. The van der Waals surface area contributed by atoms with Crippen molar-refractivity contribution in [3.63, 3.8) is 0 Å². The van der Waals surface area contributed by atoms with E-state index in [1.54, 1.807) is 0 Å². The van der Waals surface area contributed by atoms with Crippen molar-refractivity contribution in [2.45, 2.75) is 19.5 Å². The van der Waals surface area contributed by atoms with Crippen LogP contribution in [0.5, 0.6) is 0 Å². The molecule has 0 aliphatic heterocycles. The SMILES string of the molecule is Cc1nc(C(F)(F)F)cc([N+](=O)[O-])c1C(F)F. The fourth-order valence-electron chi connectivity index (χ4n) is 1.23. The molecule has 1 aromatic heterocycles. The highest BCUT2D eigenvalue weighted by atomic mass is 19.4. The quantitative estimate of drug-likeness (QED) is 0.463. The van der Waals surface area contributed by atoms with Crippen molar-refractivity contribution in [1.29, 1.82) is 0 Å². The molecule has 0 aromatic carbocycles. The molecule has 17 heavy (non-hydrogen) atoms. The lowest BCUT2D eigenvalue weighted by Crippen LogP contribution is -2.12. The summed E-state index contributed by atoms with van der Waals surface area (Å²) >= 11 is 0. The van der Waals surface area contributed by atoms with Crippen LogP contribution >= 0.6 is 0 Å². The maximum atomic E-state index is 12.5. The minimum Gasteiger partial charge on any atom is -0.258 e. The minimum absolute atomic E-state index is 0.00843. The molecule has 9 heteroatoms. The van der Waals surface area contributed by atoms with Crippen LogP contribution in [0.25, 0.3) is 0 Å². The molecular formula is C8H5F5N2O2. The van der Waals surface area contributed by atoms with Crippen LogP contribution in [0, 0.1) is 17.0 Å². The number of alkyl halides is 5. The van der Waals surface area contributed by atoms with E-state index < -0.39 is 40.2 Å². The second-order valence-electron chi connectivity index (χ2n) is 3.08. The first-order valence-corrected chi connectivity index (χ1v) is 4.16. The van der Waals surface area contributed by atoms with Gasteiger partial charge in [-0.1, -0.05) is 0 Å². The number of hydrogen-bond donors (Lipinski definition) is 0. The highest BCUT2D eigenvalue weighted by Crippen LogP contribution is 2.36. The fraction of sp³-hybridized carbons (Fsp3) is 0.375. The van der Waals surface area contributed by atoms with Crippen LogP contribution in [-0.2, 0) is 6.18 Å². The molecule has 0 saturated carbocycles. The molecule has 0 radical (unpaired) electrons. The third-order valence-electron chi connectivity index (χ3n) is 1.93. The van der Waals surface area contributed by atoms with Crippen LogP contribution in [0.1, 0.15) is 23.4 Å². The molecule has 0 aliphatic carbocycles. The van der Waals surface area contributed by atoms with Crippen LogP contribution in [0.3, 0.4) is 0 Å². The Morgan fingerprint density at radius 3 is 2.29 bits per heavy atom. The summed E-state index contributed by atoms with van der Waals surface area (Å²) in [6.07, 6.45) is -8.18. The summed E-state index contributed by atoms with van der Waals surface area (Å²) in [6.45, 7) is 0.865. The van der Waals surface area contributed by atoms with Crippen molar-refractivity contribution in [3.8, 4) is 0 Å². The zero-order valence-electron chi connectivity index (χ0n) is 8.26. The van der Waals surface area contributed by atoms with Crippen LogP contribution in [0.15, 0.2) is 6.07 Å². The molecule has 0 amide bonds. The number of aromatic nitrogens is 1. The van der Waals surface area contributed by atoms with Crippen molar-refractivity contribution < 1.29 is 26.9 Å². The number of rotatable bonds is 2. The highest BCUT2D eigenvalue weighted by Gasteiger charge is 2.37. The van der Waals surface area contributed by atoms with E-state index in [4.69, 9.17) is 0 Å². The number of nitro groups is 1. The highest BCUT2D eigenvalue weighted by molar-refractivity contribution is 5.45. The molecule has 4 nitrogen and oxygen atoms in total. The Hall–Kier alpha value is -1.80. The molecule has 0 unspecified atom stereocenters. The van der Waals surface area contributed by atoms with Gasteiger partial charge in [0, 0.05) is 6.07 Å².